The first-order valence-corrected chi connectivity index (χ1v) is 6.69. The van der Waals surface area contributed by atoms with Gasteiger partial charge in [0.15, 0.2) is 0 Å². The Labute approximate surface area is 93.7 Å². The molecule has 15 heavy (non-hydrogen) atoms. The smallest absolute Gasteiger partial charge is 0.0695 e. The predicted octanol–water partition coefficient (Wildman–Crippen LogP) is 2.41. The van der Waals surface area contributed by atoms with Crippen LogP contribution in [0.1, 0.15) is 51.9 Å². The quantitative estimate of drug-likeness (QED) is 0.720. The highest BCUT2D eigenvalue weighted by Gasteiger charge is 2.31. The molecule has 2 fully saturated rings. The lowest BCUT2D eigenvalue weighted by molar-refractivity contribution is 0.00708. The summed E-state index contributed by atoms with van der Waals surface area (Å²) in [6.07, 6.45) is 8.81. The topological polar surface area (TPSA) is 23.5 Å². The molecule has 1 N–H and O–H groups in total. The zero-order chi connectivity index (χ0) is 10.7. The van der Waals surface area contributed by atoms with Gasteiger partial charge >= 0.3 is 0 Å². The minimum atomic E-state index is -0.0562. The van der Waals surface area contributed by atoms with Gasteiger partial charge in [0.25, 0.3) is 0 Å². The van der Waals surface area contributed by atoms with Crippen molar-refractivity contribution in [2.24, 2.45) is 5.92 Å². The normalized spacial score (nSPS) is 40.0. The molecule has 88 valence electrons. The van der Waals surface area contributed by atoms with Crippen LogP contribution in [0.25, 0.3) is 0 Å². The second-order valence-electron chi connectivity index (χ2n) is 5.50. The van der Waals surface area contributed by atoms with Gasteiger partial charge in [-0.2, -0.15) is 0 Å². The van der Waals surface area contributed by atoms with E-state index in [1.165, 1.54) is 51.6 Å². The highest BCUT2D eigenvalue weighted by atomic mass is 16.3. The lowest BCUT2D eigenvalue weighted by Crippen LogP contribution is -2.47. The van der Waals surface area contributed by atoms with Gasteiger partial charge in [-0.3, -0.25) is 4.90 Å². The largest absolute Gasteiger partial charge is 0.391 e. The van der Waals surface area contributed by atoms with E-state index in [-0.39, 0.29) is 6.10 Å². The van der Waals surface area contributed by atoms with E-state index in [0.29, 0.717) is 6.04 Å². The summed E-state index contributed by atoms with van der Waals surface area (Å²) in [5.41, 5.74) is 0. The molecule has 1 aliphatic heterocycles. The number of likely N-dealkylation sites (tertiary alicyclic amines) is 1. The average Bonchev–Trinajstić information content (AvgIpc) is 2.50. The van der Waals surface area contributed by atoms with Crippen molar-refractivity contribution in [3.05, 3.63) is 0 Å². The lowest BCUT2D eigenvalue weighted by Gasteiger charge is -2.39. The molecule has 0 radical (unpaired) electrons. The molecule has 0 spiro atoms. The van der Waals surface area contributed by atoms with Crippen LogP contribution in [0.5, 0.6) is 0 Å². The van der Waals surface area contributed by atoms with Crippen molar-refractivity contribution in [3.8, 4) is 0 Å². The van der Waals surface area contributed by atoms with E-state index in [0.717, 1.165) is 12.3 Å². The van der Waals surface area contributed by atoms with Gasteiger partial charge in [-0.05, 0) is 51.1 Å². The van der Waals surface area contributed by atoms with E-state index in [4.69, 9.17) is 0 Å². The number of rotatable bonds is 1. The van der Waals surface area contributed by atoms with Gasteiger partial charge in [0, 0.05) is 6.04 Å². The van der Waals surface area contributed by atoms with Gasteiger partial charge in [0.05, 0.1) is 6.10 Å². The molecule has 2 rings (SSSR count). The Morgan fingerprint density at radius 2 is 1.67 bits per heavy atom. The Bertz CT molecular complexity index is 187. The maximum absolute atomic E-state index is 10.1. The summed E-state index contributed by atoms with van der Waals surface area (Å²) < 4.78 is 0. The van der Waals surface area contributed by atoms with Crippen molar-refractivity contribution in [1.82, 2.24) is 4.90 Å². The fraction of sp³-hybridized carbons (Fsp3) is 1.00. The third-order valence-corrected chi connectivity index (χ3v) is 4.15. The number of aliphatic hydroxyl groups is 1. The van der Waals surface area contributed by atoms with E-state index in [9.17, 15) is 5.11 Å². The maximum atomic E-state index is 10.1. The van der Waals surface area contributed by atoms with Crippen molar-refractivity contribution in [2.75, 3.05) is 13.1 Å². The fourth-order valence-electron chi connectivity index (χ4n) is 3.15. The lowest BCUT2D eigenvalue weighted by atomic mass is 9.84. The Kier molecular flexibility index (Phi) is 4.04. The zero-order valence-electron chi connectivity index (χ0n) is 9.99. The summed E-state index contributed by atoms with van der Waals surface area (Å²) in [6.45, 7) is 4.76. The molecular weight excluding hydrogens is 186 g/mol. The Morgan fingerprint density at radius 1 is 1.00 bits per heavy atom. The van der Waals surface area contributed by atoms with E-state index in [1.54, 1.807) is 0 Å². The third kappa shape index (κ3) is 2.94. The van der Waals surface area contributed by atoms with Crippen molar-refractivity contribution >= 4 is 0 Å². The van der Waals surface area contributed by atoms with Gasteiger partial charge in [0.1, 0.15) is 0 Å². The van der Waals surface area contributed by atoms with Crippen LogP contribution in [0.3, 0.4) is 0 Å². The van der Waals surface area contributed by atoms with Gasteiger partial charge < -0.3 is 5.11 Å². The molecule has 2 heteroatoms. The first kappa shape index (κ1) is 11.4. The highest BCUT2D eigenvalue weighted by Crippen LogP contribution is 2.29. The first-order valence-electron chi connectivity index (χ1n) is 6.69. The molecule has 2 nitrogen and oxygen atoms in total. The summed E-state index contributed by atoms with van der Waals surface area (Å²) in [4.78, 5) is 2.56. The molecule has 1 aliphatic carbocycles. The molecule has 0 aromatic rings. The number of hydrogen-bond acceptors (Lipinski definition) is 2. The average molecular weight is 211 g/mol. The Balaban J connectivity index is 1.93. The molecule has 2 aliphatic rings. The van der Waals surface area contributed by atoms with E-state index in [1.807, 2.05) is 0 Å². The number of aliphatic hydroxyl groups excluding tert-OH is 1. The second kappa shape index (κ2) is 5.31. The molecule has 0 bridgehead atoms. The number of nitrogens with zero attached hydrogens (tertiary/aromatic N) is 1. The van der Waals surface area contributed by atoms with Crippen molar-refractivity contribution in [3.63, 3.8) is 0 Å². The monoisotopic (exact) mass is 211 g/mol. The van der Waals surface area contributed by atoms with Crippen LogP contribution in [-0.2, 0) is 0 Å². The molecule has 0 aromatic carbocycles. The molecule has 3 unspecified atom stereocenters. The first-order chi connectivity index (χ1) is 7.27. The zero-order valence-corrected chi connectivity index (χ0v) is 9.99. The van der Waals surface area contributed by atoms with Crippen molar-refractivity contribution < 1.29 is 5.11 Å². The number of hydrogen-bond donors (Lipinski definition) is 1. The second-order valence-corrected chi connectivity index (χ2v) is 5.50. The van der Waals surface area contributed by atoms with E-state index in [2.05, 4.69) is 11.8 Å². The summed E-state index contributed by atoms with van der Waals surface area (Å²) in [5.74, 6) is 0.807. The Morgan fingerprint density at radius 3 is 2.33 bits per heavy atom. The summed E-state index contributed by atoms with van der Waals surface area (Å²) >= 11 is 0. The molecule has 1 saturated heterocycles. The molecule has 0 aromatic heterocycles. The fourth-order valence-corrected chi connectivity index (χ4v) is 3.15. The van der Waals surface area contributed by atoms with Crippen molar-refractivity contribution in [1.29, 1.82) is 0 Å². The Hall–Kier alpha value is -0.0800. The van der Waals surface area contributed by atoms with Crippen LogP contribution in [0.15, 0.2) is 0 Å². The van der Waals surface area contributed by atoms with Gasteiger partial charge in [-0.15, -0.1) is 0 Å². The van der Waals surface area contributed by atoms with Crippen LogP contribution in [0.4, 0.5) is 0 Å². The molecule has 1 saturated carbocycles. The van der Waals surface area contributed by atoms with Gasteiger partial charge in [-0.1, -0.05) is 19.8 Å². The molecule has 0 amide bonds. The molecule has 3 atom stereocenters. The third-order valence-electron chi connectivity index (χ3n) is 4.15. The van der Waals surface area contributed by atoms with Crippen LogP contribution in [0, 0.1) is 5.92 Å². The van der Waals surface area contributed by atoms with E-state index < -0.39 is 0 Å². The summed E-state index contributed by atoms with van der Waals surface area (Å²) in [5, 5.41) is 10.1. The van der Waals surface area contributed by atoms with E-state index >= 15 is 0 Å². The van der Waals surface area contributed by atoms with Crippen LogP contribution in [-0.4, -0.2) is 35.2 Å². The van der Waals surface area contributed by atoms with Crippen molar-refractivity contribution in [2.45, 2.75) is 64.0 Å². The SMILES string of the molecule is CC1CCC(O)C(N2CCCCCC2)C1. The van der Waals surface area contributed by atoms with Crippen LogP contribution >= 0.6 is 0 Å². The highest BCUT2D eigenvalue weighted by molar-refractivity contribution is 4.86. The van der Waals surface area contributed by atoms with Crippen LogP contribution in [0.2, 0.25) is 0 Å². The standard InChI is InChI=1S/C13H25NO/c1-11-6-7-13(15)12(10-11)14-8-4-2-3-5-9-14/h11-13,15H,2-10H2,1H3. The molecular formula is C13H25NO. The van der Waals surface area contributed by atoms with Crippen LogP contribution < -0.4 is 0 Å². The maximum Gasteiger partial charge on any atom is 0.0695 e. The minimum Gasteiger partial charge on any atom is -0.391 e. The summed E-state index contributed by atoms with van der Waals surface area (Å²) in [7, 11) is 0. The predicted molar refractivity (Wildman–Crippen MR) is 62.9 cm³/mol. The summed E-state index contributed by atoms with van der Waals surface area (Å²) in [6, 6.07) is 0.465. The van der Waals surface area contributed by atoms with Gasteiger partial charge in [-0.25, -0.2) is 0 Å². The van der Waals surface area contributed by atoms with Gasteiger partial charge in [0.2, 0.25) is 0 Å². The minimum absolute atomic E-state index is 0.0562. The molecule has 1 heterocycles.